The van der Waals surface area contributed by atoms with Gasteiger partial charge in [0, 0.05) is 20.6 Å². The van der Waals surface area contributed by atoms with Crippen LogP contribution in [0.5, 0.6) is 0 Å². The van der Waals surface area contributed by atoms with Crippen LogP contribution >= 0.6 is 7.26 Å². The Labute approximate surface area is 60.4 Å². The molecule has 0 aliphatic heterocycles. The molecule has 0 aromatic rings. The minimum atomic E-state index is -0.480. The molecule has 56 valence electrons. The van der Waals surface area contributed by atoms with Gasteiger partial charge in [-0.15, -0.1) is 0 Å². The molecule has 0 nitrogen and oxygen atoms in total. The Hall–Kier alpha value is 0.430. The van der Waals surface area contributed by atoms with Crippen molar-refractivity contribution in [2.45, 2.75) is 20.8 Å². The van der Waals surface area contributed by atoms with Crippen LogP contribution in [0.25, 0.3) is 0 Å². The summed E-state index contributed by atoms with van der Waals surface area (Å²) in [4.78, 5) is 0. The van der Waals surface area contributed by atoms with E-state index < -0.39 is 7.26 Å². The molecule has 1 heteroatoms. The monoisotopic (exact) mass is 147 g/mol. The largest absolute Gasteiger partial charge is 0.0611 e. The molecule has 9 heavy (non-hydrogen) atoms. The van der Waals surface area contributed by atoms with Gasteiger partial charge in [-0.2, -0.15) is 0 Å². The minimum Gasteiger partial charge on any atom is -0.0593 e. The van der Waals surface area contributed by atoms with E-state index in [9.17, 15) is 0 Å². The lowest BCUT2D eigenvalue weighted by Gasteiger charge is -2.17. The topological polar surface area (TPSA) is 0 Å². The third-order valence-corrected chi connectivity index (χ3v) is 5.15. The van der Waals surface area contributed by atoms with Gasteiger partial charge in [0.25, 0.3) is 0 Å². The summed E-state index contributed by atoms with van der Waals surface area (Å²) in [5, 5.41) is 0. The molecule has 0 unspecified atom stereocenters. The molecule has 0 saturated heterocycles. The third-order valence-electron chi connectivity index (χ3n) is 1.72. The molecule has 0 radical (unpaired) electrons. The Morgan fingerprint density at radius 3 is 1.78 bits per heavy atom. The summed E-state index contributed by atoms with van der Waals surface area (Å²) in [6, 6.07) is 0. The smallest absolute Gasteiger partial charge is 0.0593 e. The lowest BCUT2D eigenvalue weighted by atomic mass is 10.3. The van der Waals surface area contributed by atoms with Crippen molar-refractivity contribution in [2.24, 2.45) is 5.92 Å². The molecule has 0 N–H and O–H groups in total. The van der Waals surface area contributed by atoms with Gasteiger partial charge in [-0.3, -0.25) is 0 Å². The van der Waals surface area contributed by atoms with Crippen LogP contribution in [0.1, 0.15) is 20.8 Å². The Morgan fingerprint density at radius 2 is 1.67 bits per heavy atom. The first-order valence-electron chi connectivity index (χ1n) is 3.80. The van der Waals surface area contributed by atoms with E-state index in [-0.39, 0.29) is 0 Å². The average molecular weight is 147 g/mol. The van der Waals surface area contributed by atoms with E-state index in [0.29, 0.717) is 0 Å². The normalized spacial score (nSPS) is 12.7. The standard InChI is InChI=1S/C8H20P/c1-6-9(4,5)7-8(2)3/h8H,6-7H2,1-5H3/q+1. The molecule has 0 spiro atoms. The van der Waals surface area contributed by atoms with Crippen LogP contribution in [0.4, 0.5) is 0 Å². The van der Waals surface area contributed by atoms with E-state index in [1.807, 2.05) is 0 Å². The second-order valence-electron chi connectivity index (χ2n) is 3.83. The van der Waals surface area contributed by atoms with Gasteiger partial charge in [-0.05, 0) is 12.8 Å². The predicted octanol–water partition coefficient (Wildman–Crippen LogP) is 2.94. The first-order chi connectivity index (χ1) is 3.98. The maximum absolute atomic E-state index is 2.45. The van der Waals surface area contributed by atoms with Gasteiger partial charge in [-0.1, -0.05) is 13.8 Å². The summed E-state index contributed by atoms with van der Waals surface area (Å²) in [5.74, 6) is 0.897. The molecule has 0 fully saturated rings. The molecule has 0 bridgehead atoms. The van der Waals surface area contributed by atoms with Crippen LogP contribution < -0.4 is 0 Å². The van der Waals surface area contributed by atoms with Crippen molar-refractivity contribution in [1.29, 1.82) is 0 Å². The maximum Gasteiger partial charge on any atom is 0.0611 e. The fourth-order valence-corrected chi connectivity index (χ4v) is 3.35. The van der Waals surface area contributed by atoms with E-state index in [1.165, 1.54) is 12.3 Å². The number of hydrogen-bond acceptors (Lipinski definition) is 0. The SMILES string of the molecule is CC[P+](C)(C)CC(C)C. The Balaban J connectivity index is 3.58. The maximum atomic E-state index is 2.45. The Kier molecular flexibility index (Phi) is 3.73. The van der Waals surface area contributed by atoms with Gasteiger partial charge in [0.15, 0.2) is 0 Å². The zero-order valence-corrected chi connectivity index (χ0v) is 8.33. The molecule has 0 aliphatic rings. The van der Waals surface area contributed by atoms with Gasteiger partial charge in [-0.25, -0.2) is 0 Å². The van der Waals surface area contributed by atoms with Crippen LogP contribution in [0.3, 0.4) is 0 Å². The van der Waals surface area contributed by atoms with Gasteiger partial charge in [0.05, 0.1) is 12.3 Å². The molecule has 0 rings (SSSR count). The molecule has 0 heterocycles. The van der Waals surface area contributed by atoms with E-state index in [1.54, 1.807) is 0 Å². The van der Waals surface area contributed by atoms with Crippen molar-refractivity contribution in [3.63, 3.8) is 0 Å². The zero-order chi connectivity index (χ0) is 7.49. The molecule has 0 saturated carbocycles. The fraction of sp³-hybridized carbons (Fsp3) is 1.00. The second kappa shape index (κ2) is 3.56. The second-order valence-corrected chi connectivity index (χ2v) is 8.70. The molecular weight excluding hydrogens is 127 g/mol. The molecule has 0 aromatic carbocycles. The van der Waals surface area contributed by atoms with Crippen LogP contribution in [0, 0.1) is 5.92 Å². The van der Waals surface area contributed by atoms with E-state index in [0.717, 1.165) is 5.92 Å². The average Bonchev–Trinajstić information content (AvgIpc) is 1.63. The van der Waals surface area contributed by atoms with E-state index in [4.69, 9.17) is 0 Å². The molecule has 0 aliphatic carbocycles. The highest BCUT2D eigenvalue weighted by Crippen LogP contribution is 2.51. The summed E-state index contributed by atoms with van der Waals surface area (Å²) in [6.45, 7) is 11.9. The highest BCUT2D eigenvalue weighted by atomic mass is 31.2. The summed E-state index contributed by atoms with van der Waals surface area (Å²) >= 11 is 0. The summed E-state index contributed by atoms with van der Waals surface area (Å²) in [6.07, 6.45) is 2.87. The predicted molar refractivity (Wildman–Crippen MR) is 49.0 cm³/mol. The number of hydrogen-bond donors (Lipinski definition) is 0. The quantitative estimate of drug-likeness (QED) is 0.538. The van der Waals surface area contributed by atoms with Gasteiger partial charge >= 0.3 is 0 Å². The molecular formula is C8H20P+. The van der Waals surface area contributed by atoms with Crippen LogP contribution in [0.15, 0.2) is 0 Å². The Morgan fingerprint density at radius 1 is 1.22 bits per heavy atom. The summed E-state index contributed by atoms with van der Waals surface area (Å²) in [5.41, 5.74) is 0. The molecule has 0 aromatic heterocycles. The fourth-order valence-electron chi connectivity index (χ4n) is 1.12. The van der Waals surface area contributed by atoms with Crippen LogP contribution in [-0.2, 0) is 0 Å². The molecule has 0 atom stereocenters. The van der Waals surface area contributed by atoms with E-state index in [2.05, 4.69) is 34.1 Å². The lowest BCUT2D eigenvalue weighted by molar-refractivity contribution is 0.741. The van der Waals surface area contributed by atoms with Crippen molar-refractivity contribution >= 4 is 7.26 Å². The summed E-state index contributed by atoms with van der Waals surface area (Å²) in [7, 11) is -0.480. The summed E-state index contributed by atoms with van der Waals surface area (Å²) < 4.78 is 0. The number of rotatable bonds is 3. The van der Waals surface area contributed by atoms with Crippen molar-refractivity contribution < 1.29 is 0 Å². The highest BCUT2D eigenvalue weighted by Gasteiger charge is 2.22. The zero-order valence-electron chi connectivity index (χ0n) is 7.44. The van der Waals surface area contributed by atoms with Crippen LogP contribution in [0.2, 0.25) is 0 Å². The van der Waals surface area contributed by atoms with Gasteiger partial charge < -0.3 is 0 Å². The minimum absolute atomic E-state index is 0.480. The molecule has 0 amide bonds. The van der Waals surface area contributed by atoms with Gasteiger partial charge in [0.2, 0.25) is 0 Å². The van der Waals surface area contributed by atoms with Gasteiger partial charge in [0.1, 0.15) is 0 Å². The van der Waals surface area contributed by atoms with Crippen molar-refractivity contribution in [3.05, 3.63) is 0 Å². The first kappa shape index (κ1) is 9.43. The lowest BCUT2D eigenvalue weighted by Crippen LogP contribution is -2.03. The van der Waals surface area contributed by atoms with Crippen LogP contribution in [-0.4, -0.2) is 25.7 Å². The first-order valence-corrected chi connectivity index (χ1v) is 6.85. The van der Waals surface area contributed by atoms with Crippen molar-refractivity contribution in [2.75, 3.05) is 25.7 Å². The third kappa shape index (κ3) is 4.90. The Bertz CT molecular complexity index is 74.6. The highest BCUT2D eigenvalue weighted by molar-refractivity contribution is 7.74. The van der Waals surface area contributed by atoms with E-state index >= 15 is 0 Å². The van der Waals surface area contributed by atoms with Crippen molar-refractivity contribution in [1.82, 2.24) is 0 Å². The van der Waals surface area contributed by atoms with Crippen molar-refractivity contribution in [3.8, 4) is 0 Å².